The number of hydrogen-bond acceptors (Lipinski definition) is 9. The molecule has 0 aromatic heterocycles. The van der Waals surface area contributed by atoms with Gasteiger partial charge in [-0.2, -0.15) is 0 Å². The van der Waals surface area contributed by atoms with E-state index < -0.39 is 12.1 Å². The molecule has 0 radical (unpaired) electrons. The van der Waals surface area contributed by atoms with Crippen molar-refractivity contribution in [1.29, 1.82) is 0 Å². The molecule has 11 heteroatoms. The molecule has 0 aliphatic heterocycles. The summed E-state index contributed by atoms with van der Waals surface area (Å²) in [6.45, 7) is 7.41. The molecule has 1 atom stereocenters. The van der Waals surface area contributed by atoms with Gasteiger partial charge in [0.1, 0.15) is 12.8 Å². The van der Waals surface area contributed by atoms with E-state index in [9.17, 15) is 14.0 Å². The molecule has 0 fully saturated rings. The number of rotatable bonds is 23. The summed E-state index contributed by atoms with van der Waals surface area (Å²) in [4.78, 5) is 22.2. The minimum atomic E-state index is -1.28. The number of halogens is 1. The quantitative estimate of drug-likeness (QED) is 0.200. The van der Waals surface area contributed by atoms with E-state index in [1.807, 2.05) is 13.8 Å². The molecule has 184 valence electrons. The fourth-order valence-electron chi connectivity index (χ4n) is 1.90. The van der Waals surface area contributed by atoms with E-state index >= 15 is 0 Å². The highest BCUT2D eigenvalue weighted by Gasteiger charge is 2.08. The van der Waals surface area contributed by atoms with Crippen LogP contribution in [0.25, 0.3) is 0 Å². The molecule has 31 heavy (non-hydrogen) atoms. The highest BCUT2D eigenvalue weighted by atomic mass is 19.1. The average molecular weight is 455 g/mol. The van der Waals surface area contributed by atoms with Gasteiger partial charge >= 0.3 is 0 Å². The first kappa shape index (κ1) is 29.8. The Morgan fingerprint density at radius 2 is 1.19 bits per heavy atom. The molecule has 0 aliphatic carbocycles. The van der Waals surface area contributed by atoms with Crippen molar-refractivity contribution in [2.24, 2.45) is 11.7 Å². The van der Waals surface area contributed by atoms with Gasteiger partial charge in [-0.05, 0) is 0 Å². The number of hydrogen-bond donors (Lipinski definition) is 2. The van der Waals surface area contributed by atoms with Crippen LogP contribution in [0.1, 0.15) is 13.8 Å². The first-order valence-corrected chi connectivity index (χ1v) is 10.6. The molecule has 0 aromatic carbocycles. The molecular weight excluding hydrogens is 415 g/mol. The molecule has 1 unspecified atom stereocenters. The minimum Gasteiger partial charge on any atom is -0.377 e. The molecule has 0 rings (SSSR count). The number of alkyl halides is 1. The Morgan fingerprint density at radius 1 is 0.774 bits per heavy atom. The number of carbonyl (C=O) groups is 2. The predicted octanol–water partition coefficient (Wildman–Crippen LogP) is -0.276. The summed E-state index contributed by atoms with van der Waals surface area (Å²) in [5, 5.41) is 2.35. The van der Waals surface area contributed by atoms with Crippen molar-refractivity contribution in [3.63, 3.8) is 0 Å². The van der Waals surface area contributed by atoms with Crippen LogP contribution in [0.3, 0.4) is 0 Å². The van der Waals surface area contributed by atoms with Crippen molar-refractivity contribution < 1.29 is 42.4 Å². The lowest BCUT2D eigenvalue weighted by atomic mass is 10.1. The maximum atomic E-state index is 13.4. The van der Waals surface area contributed by atoms with E-state index in [0.717, 1.165) is 0 Å². The summed E-state index contributed by atoms with van der Waals surface area (Å²) < 4.78 is 45.0. The number of ketones is 1. The first-order chi connectivity index (χ1) is 15.0. The number of nitrogens with one attached hydrogen (secondary N) is 1. The Hall–Kier alpha value is -1.21. The first-order valence-electron chi connectivity index (χ1n) is 10.6. The zero-order chi connectivity index (χ0) is 23.2. The fourth-order valence-corrected chi connectivity index (χ4v) is 1.90. The molecule has 1 amide bonds. The van der Waals surface area contributed by atoms with Gasteiger partial charge in [0.2, 0.25) is 5.91 Å². The summed E-state index contributed by atoms with van der Waals surface area (Å²) in [6.07, 6.45) is -1.28. The van der Waals surface area contributed by atoms with E-state index in [1.54, 1.807) is 0 Å². The molecule has 0 heterocycles. The normalized spacial score (nSPS) is 12.3. The van der Waals surface area contributed by atoms with Crippen LogP contribution in [0.5, 0.6) is 0 Å². The summed E-state index contributed by atoms with van der Waals surface area (Å²) in [5.41, 5.74) is 5.10. The third-order valence-electron chi connectivity index (χ3n) is 3.75. The van der Waals surface area contributed by atoms with E-state index in [1.165, 1.54) is 0 Å². The summed E-state index contributed by atoms with van der Waals surface area (Å²) >= 11 is 0. The molecule has 0 aliphatic rings. The molecule has 0 aromatic rings. The topological polar surface area (TPSA) is 128 Å². The lowest BCUT2D eigenvalue weighted by Crippen LogP contribution is -2.36. The Bertz CT molecular complexity index is 443. The molecule has 0 saturated heterocycles. The molecule has 0 spiro atoms. The molecule has 10 nitrogen and oxygen atoms in total. The van der Waals surface area contributed by atoms with Crippen LogP contribution in [0, 0.1) is 5.92 Å². The van der Waals surface area contributed by atoms with Gasteiger partial charge < -0.3 is 39.5 Å². The van der Waals surface area contributed by atoms with E-state index in [-0.39, 0.29) is 44.6 Å². The summed E-state index contributed by atoms with van der Waals surface area (Å²) in [5.74, 6) is -0.330. The summed E-state index contributed by atoms with van der Waals surface area (Å²) in [6, 6.07) is 0. The van der Waals surface area contributed by atoms with Gasteiger partial charge in [0.05, 0.1) is 85.8 Å². The van der Waals surface area contributed by atoms with E-state index in [0.29, 0.717) is 59.5 Å². The number of amides is 1. The van der Waals surface area contributed by atoms with Gasteiger partial charge in [-0.1, -0.05) is 13.8 Å². The number of nitrogens with two attached hydrogens (primary N) is 1. The second-order valence-electron chi connectivity index (χ2n) is 6.80. The van der Waals surface area contributed by atoms with Gasteiger partial charge in [0.15, 0.2) is 5.78 Å². The van der Waals surface area contributed by atoms with Crippen LogP contribution >= 0.6 is 0 Å². The van der Waals surface area contributed by atoms with E-state index in [2.05, 4.69) is 5.32 Å². The van der Waals surface area contributed by atoms with Crippen LogP contribution in [-0.2, 0) is 38.0 Å². The minimum absolute atomic E-state index is 0.0118. The van der Waals surface area contributed by atoms with Crippen molar-refractivity contribution >= 4 is 11.7 Å². The van der Waals surface area contributed by atoms with Crippen molar-refractivity contribution in [2.45, 2.75) is 20.0 Å². The highest BCUT2D eigenvalue weighted by Crippen LogP contribution is 1.94. The number of Topliss-reactive ketones (excluding diaryl/α,β-unsaturated/α-hetero) is 1. The molecule has 0 saturated carbocycles. The molecule has 0 bridgehead atoms. The average Bonchev–Trinajstić information content (AvgIpc) is 2.76. The second kappa shape index (κ2) is 22.0. The Labute approximate surface area is 184 Å². The number of ether oxygens (including phenoxy) is 6. The van der Waals surface area contributed by atoms with Gasteiger partial charge in [-0.3, -0.25) is 9.59 Å². The Kier molecular flexibility index (Phi) is 21.1. The SMILES string of the molecule is CC(C)C(=O)COCCOCCOCCOCCOCCOCC(F)CNC(=O)CN. The van der Waals surface area contributed by atoms with Crippen molar-refractivity contribution in [2.75, 3.05) is 92.4 Å². The Morgan fingerprint density at radius 3 is 1.61 bits per heavy atom. The maximum Gasteiger partial charge on any atom is 0.233 e. The molecule has 3 N–H and O–H groups in total. The Balaban J connectivity index is 3.17. The lowest BCUT2D eigenvalue weighted by molar-refractivity contribution is -0.127. The van der Waals surface area contributed by atoms with Gasteiger partial charge in [-0.15, -0.1) is 0 Å². The lowest BCUT2D eigenvalue weighted by Gasteiger charge is -2.10. The third kappa shape index (κ3) is 21.8. The maximum absolute atomic E-state index is 13.4. The van der Waals surface area contributed by atoms with Gasteiger partial charge in [-0.25, -0.2) is 4.39 Å². The van der Waals surface area contributed by atoms with Crippen molar-refractivity contribution in [3.8, 4) is 0 Å². The third-order valence-corrected chi connectivity index (χ3v) is 3.75. The summed E-state index contributed by atoms with van der Waals surface area (Å²) in [7, 11) is 0. The highest BCUT2D eigenvalue weighted by molar-refractivity contribution is 5.81. The van der Waals surface area contributed by atoms with Crippen LogP contribution in [0.4, 0.5) is 4.39 Å². The zero-order valence-electron chi connectivity index (χ0n) is 18.8. The monoisotopic (exact) mass is 454 g/mol. The van der Waals surface area contributed by atoms with Crippen LogP contribution in [-0.4, -0.2) is 110 Å². The molecular formula is C20H39FN2O8. The number of carbonyl (C=O) groups excluding carboxylic acids is 2. The van der Waals surface area contributed by atoms with Crippen LogP contribution in [0.2, 0.25) is 0 Å². The van der Waals surface area contributed by atoms with E-state index in [4.69, 9.17) is 34.2 Å². The van der Waals surface area contributed by atoms with Crippen molar-refractivity contribution in [3.05, 3.63) is 0 Å². The second-order valence-corrected chi connectivity index (χ2v) is 6.80. The predicted molar refractivity (Wildman–Crippen MR) is 112 cm³/mol. The smallest absolute Gasteiger partial charge is 0.233 e. The van der Waals surface area contributed by atoms with Crippen LogP contribution in [0.15, 0.2) is 0 Å². The standard InChI is InChI=1S/C20H39FN2O8/c1-17(2)19(24)16-31-12-10-29-8-6-27-4-3-26-5-7-28-9-11-30-15-18(21)14-23-20(25)13-22/h17-18H,3-16,22H2,1-2H3,(H,23,25). The zero-order valence-corrected chi connectivity index (χ0v) is 18.8. The van der Waals surface area contributed by atoms with Crippen molar-refractivity contribution in [1.82, 2.24) is 5.32 Å². The fraction of sp³-hybridized carbons (Fsp3) is 0.900. The van der Waals surface area contributed by atoms with Crippen LogP contribution < -0.4 is 11.1 Å². The largest absolute Gasteiger partial charge is 0.377 e. The van der Waals surface area contributed by atoms with Gasteiger partial charge in [0, 0.05) is 5.92 Å². The van der Waals surface area contributed by atoms with Gasteiger partial charge in [0.25, 0.3) is 0 Å².